The summed E-state index contributed by atoms with van der Waals surface area (Å²) in [7, 11) is 5.66. The van der Waals surface area contributed by atoms with Crippen LogP contribution in [0.5, 0.6) is 0 Å². The smallest absolute Gasteiger partial charge is 0.199 e. The van der Waals surface area contributed by atoms with E-state index in [1.54, 1.807) is 24.6 Å². The molecule has 150 valence electrons. The van der Waals surface area contributed by atoms with Crippen molar-refractivity contribution in [3.63, 3.8) is 0 Å². The molecule has 0 radical (unpaired) electrons. The van der Waals surface area contributed by atoms with Gasteiger partial charge in [-0.2, -0.15) is 5.10 Å². The maximum atomic E-state index is 5.43. The molecule has 4 aromatic rings. The number of ether oxygens (including phenoxy) is 1. The Labute approximate surface area is 172 Å². The molecule has 1 aliphatic carbocycles. The van der Waals surface area contributed by atoms with E-state index in [2.05, 4.69) is 22.3 Å². The van der Waals surface area contributed by atoms with Crippen LogP contribution in [0.2, 0.25) is 0 Å². The summed E-state index contributed by atoms with van der Waals surface area (Å²) in [4.78, 5) is 16.3. The third kappa shape index (κ3) is 3.10. The summed E-state index contributed by atoms with van der Waals surface area (Å²) in [5, 5.41) is 9.28. The van der Waals surface area contributed by atoms with E-state index in [9.17, 15) is 0 Å². The minimum absolute atomic E-state index is 0.325. The van der Waals surface area contributed by atoms with Crippen LogP contribution in [-0.4, -0.2) is 48.6 Å². The summed E-state index contributed by atoms with van der Waals surface area (Å²) in [5.74, 6) is 2.25. The van der Waals surface area contributed by atoms with Gasteiger partial charge in [-0.1, -0.05) is 0 Å². The number of rotatable bonds is 5. The Kier molecular flexibility index (Phi) is 4.36. The second-order valence-electron chi connectivity index (χ2n) is 7.54. The molecule has 8 nitrogen and oxygen atoms in total. The second-order valence-corrected chi connectivity index (χ2v) is 8.54. The summed E-state index contributed by atoms with van der Waals surface area (Å²) in [5.41, 5.74) is 2.11. The second kappa shape index (κ2) is 6.93. The number of methoxy groups -OCH3 is 1. The zero-order valence-corrected chi connectivity index (χ0v) is 17.7. The Hall–Kier alpha value is -2.78. The SMILES string of the molecule is COC1CC(Nc2nc(-c3nccn3C)nc3sc(-c4ccn(C)n4)c(C)c23)C1. The Morgan fingerprint density at radius 1 is 1.21 bits per heavy atom. The van der Waals surface area contributed by atoms with E-state index in [0.29, 0.717) is 18.0 Å². The number of anilines is 1. The highest BCUT2D eigenvalue weighted by molar-refractivity contribution is 7.22. The van der Waals surface area contributed by atoms with Crippen LogP contribution >= 0.6 is 11.3 Å². The van der Waals surface area contributed by atoms with E-state index in [1.807, 2.05) is 41.8 Å². The van der Waals surface area contributed by atoms with Crippen molar-refractivity contribution in [2.75, 3.05) is 12.4 Å². The molecule has 29 heavy (non-hydrogen) atoms. The molecule has 0 saturated heterocycles. The van der Waals surface area contributed by atoms with Crippen LogP contribution in [0.25, 0.3) is 32.4 Å². The molecule has 0 atom stereocenters. The lowest BCUT2D eigenvalue weighted by Crippen LogP contribution is -2.40. The number of nitrogens with zero attached hydrogens (tertiary/aromatic N) is 6. The summed E-state index contributed by atoms with van der Waals surface area (Å²) < 4.78 is 9.20. The maximum absolute atomic E-state index is 5.43. The minimum atomic E-state index is 0.325. The first-order chi connectivity index (χ1) is 14.0. The number of fused-ring (bicyclic) bond motifs is 1. The van der Waals surface area contributed by atoms with Gasteiger partial charge in [0, 0.05) is 45.8 Å². The molecule has 0 spiro atoms. The molecule has 0 amide bonds. The lowest BCUT2D eigenvalue weighted by Gasteiger charge is -2.35. The van der Waals surface area contributed by atoms with Crippen LogP contribution in [0.1, 0.15) is 18.4 Å². The fourth-order valence-electron chi connectivity index (χ4n) is 3.77. The zero-order chi connectivity index (χ0) is 20.1. The van der Waals surface area contributed by atoms with Gasteiger partial charge in [-0.3, -0.25) is 4.68 Å². The minimum Gasteiger partial charge on any atom is -0.381 e. The highest BCUT2D eigenvalue weighted by Gasteiger charge is 2.30. The van der Waals surface area contributed by atoms with Gasteiger partial charge in [0.05, 0.1) is 16.4 Å². The number of hydrogen-bond acceptors (Lipinski definition) is 7. The van der Waals surface area contributed by atoms with E-state index in [-0.39, 0.29) is 0 Å². The fraction of sp³-hybridized carbons (Fsp3) is 0.400. The topological polar surface area (TPSA) is 82.7 Å². The van der Waals surface area contributed by atoms with Crippen LogP contribution in [0, 0.1) is 6.92 Å². The quantitative estimate of drug-likeness (QED) is 0.544. The lowest BCUT2D eigenvalue weighted by atomic mass is 9.89. The molecule has 1 saturated carbocycles. The van der Waals surface area contributed by atoms with Gasteiger partial charge < -0.3 is 14.6 Å². The average Bonchev–Trinajstić information content (AvgIpc) is 3.36. The highest BCUT2D eigenvalue weighted by atomic mass is 32.1. The van der Waals surface area contributed by atoms with E-state index in [4.69, 9.17) is 14.7 Å². The van der Waals surface area contributed by atoms with Crippen LogP contribution in [0.15, 0.2) is 24.7 Å². The molecule has 1 N–H and O–H groups in total. The van der Waals surface area contributed by atoms with Gasteiger partial charge in [-0.15, -0.1) is 11.3 Å². The summed E-state index contributed by atoms with van der Waals surface area (Å²) >= 11 is 1.65. The first kappa shape index (κ1) is 18.3. The van der Waals surface area contributed by atoms with Crippen molar-refractivity contribution in [1.82, 2.24) is 29.3 Å². The van der Waals surface area contributed by atoms with Gasteiger partial charge in [-0.25, -0.2) is 15.0 Å². The van der Waals surface area contributed by atoms with Crippen molar-refractivity contribution in [3.8, 4) is 22.2 Å². The van der Waals surface area contributed by atoms with Gasteiger partial charge >= 0.3 is 0 Å². The molecule has 5 rings (SSSR count). The van der Waals surface area contributed by atoms with Gasteiger partial charge in [0.2, 0.25) is 0 Å². The number of nitrogens with one attached hydrogen (secondary N) is 1. The molecule has 0 aliphatic heterocycles. The molecule has 9 heteroatoms. The maximum Gasteiger partial charge on any atom is 0.199 e. The summed E-state index contributed by atoms with van der Waals surface area (Å²) in [6.07, 6.45) is 7.93. The monoisotopic (exact) mass is 409 g/mol. The fourth-order valence-corrected chi connectivity index (χ4v) is 4.92. The molecule has 0 aromatic carbocycles. The van der Waals surface area contributed by atoms with E-state index >= 15 is 0 Å². The van der Waals surface area contributed by atoms with Gasteiger partial charge in [0.1, 0.15) is 16.3 Å². The first-order valence-electron chi connectivity index (χ1n) is 9.61. The average molecular weight is 410 g/mol. The van der Waals surface area contributed by atoms with Crippen molar-refractivity contribution >= 4 is 27.4 Å². The van der Waals surface area contributed by atoms with E-state index < -0.39 is 0 Å². The van der Waals surface area contributed by atoms with Crippen molar-refractivity contribution in [2.24, 2.45) is 14.1 Å². The third-order valence-corrected chi connectivity index (χ3v) is 6.73. The number of aryl methyl sites for hydroxylation is 3. The number of hydrogen-bond donors (Lipinski definition) is 1. The van der Waals surface area contributed by atoms with Crippen LogP contribution in [-0.2, 0) is 18.8 Å². The van der Waals surface area contributed by atoms with Crippen molar-refractivity contribution in [1.29, 1.82) is 0 Å². The van der Waals surface area contributed by atoms with Gasteiger partial charge in [-0.05, 0) is 31.4 Å². The normalized spacial score (nSPS) is 18.9. The Morgan fingerprint density at radius 3 is 2.69 bits per heavy atom. The number of imidazole rings is 1. The largest absolute Gasteiger partial charge is 0.381 e. The predicted molar refractivity (Wildman–Crippen MR) is 114 cm³/mol. The molecule has 0 unspecified atom stereocenters. The number of thiophene rings is 1. The standard InChI is InChI=1S/C20H23N7OS/c1-11-15-17(22-12-9-13(10-12)28-4)23-18(19-21-6-8-26(19)2)24-20(15)29-16(11)14-5-7-27(3)25-14/h5-8,12-13H,9-10H2,1-4H3,(H,22,23,24). The zero-order valence-electron chi connectivity index (χ0n) is 16.9. The predicted octanol–water partition coefficient (Wildman–Crippen LogP) is 3.39. The Balaban J connectivity index is 1.64. The van der Waals surface area contributed by atoms with E-state index in [0.717, 1.165) is 50.8 Å². The molecule has 4 aromatic heterocycles. The molecule has 4 heterocycles. The van der Waals surface area contributed by atoms with Crippen LogP contribution < -0.4 is 5.32 Å². The Bertz CT molecular complexity index is 1190. The van der Waals surface area contributed by atoms with Crippen LogP contribution in [0.4, 0.5) is 5.82 Å². The molecular weight excluding hydrogens is 386 g/mol. The molecular formula is C20H23N7OS. The summed E-state index contributed by atoms with van der Waals surface area (Å²) in [6.45, 7) is 2.12. The lowest BCUT2D eigenvalue weighted by molar-refractivity contribution is 0.0328. The summed E-state index contributed by atoms with van der Waals surface area (Å²) in [6, 6.07) is 2.39. The molecule has 1 fully saturated rings. The van der Waals surface area contributed by atoms with Gasteiger partial charge in [0.25, 0.3) is 0 Å². The van der Waals surface area contributed by atoms with Crippen molar-refractivity contribution < 1.29 is 4.74 Å². The van der Waals surface area contributed by atoms with Crippen molar-refractivity contribution in [2.45, 2.75) is 31.9 Å². The highest BCUT2D eigenvalue weighted by Crippen LogP contribution is 2.41. The van der Waals surface area contributed by atoms with Gasteiger partial charge in [0.15, 0.2) is 11.6 Å². The van der Waals surface area contributed by atoms with E-state index in [1.165, 1.54) is 0 Å². The molecule has 1 aliphatic rings. The first-order valence-corrected chi connectivity index (χ1v) is 10.4. The number of aromatic nitrogens is 6. The third-order valence-electron chi connectivity index (χ3n) is 5.53. The Morgan fingerprint density at radius 2 is 2.03 bits per heavy atom. The van der Waals surface area contributed by atoms with Crippen molar-refractivity contribution in [3.05, 3.63) is 30.2 Å². The molecule has 0 bridgehead atoms. The van der Waals surface area contributed by atoms with Crippen LogP contribution in [0.3, 0.4) is 0 Å².